The van der Waals surface area contributed by atoms with Gasteiger partial charge < -0.3 is 5.32 Å². The second kappa shape index (κ2) is 5.92. The van der Waals surface area contributed by atoms with E-state index in [9.17, 15) is 17.6 Å². The van der Waals surface area contributed by atoms with E-state index < -0.39 is 21.7 Å². The van der Waals surface area contributed by atoms with E-state index in [2.05, 4.69) is 10.0 Å². The van der Waals surface area contributed by atoms with Crippen molar-refractivity contribution in [2.45, 2.75) is 11.8 Å². The molecule has 2 N–H and O–H groups in total. The SMILES string of the molecule is CC(=O)Nc1cc(NS(=O)(=O)c2ccccc2)ccc1F. The van der Waals surface area contributed by atoms with Crippen molar-refractivity contribution in [3.63, 3.8) is 0 Å². The molecule has 5 nitrogen and oxygen atoms in total. The van der Waals surface area contributed by atoms with Crippen LogP contribution in [0.15, 0.2) is 53.4 Å². The molecule has 0 saturated heterocycles. The smallest absolute Gasteiger partial charge is 0.261 e. The number of benzene rings is 2. The Hall–Kier alpha value is -2.41. The summed E-state index contributed by atoms with van der Waals surface area (Å²) in [5.41, 5.74) is 0.0692. The van der Waals surface area contributed by atoms with Crippen molar-refractivity contribution in [3.8, 4) is 0 Å². The van der Waals surface area contributed by atoms with Crippen LogP contribution in [-0.4, -0.2) is 14.3 Å². The summed E-state index contributed by atoms with van der Waals surface area (Å²) in [4.78, 5) is 11.1. The number of anilines is 2. The minimum absolute atomic E-state index is 0.0873. The van der Waals surface area contributed by atoms with Crippen molar-refractivity contribution in [3.05, 3.63) is 54.3 Å². The molecule has 0 bridgehead atoms. The largest absolute Gasteiger partial charge is 0.324 e. The van der Waals surface area contributed by atoms with Gasteiger partial charge in [-0.2, -0.15) is 0 Å². The average Bonchev–Trinajstić information content (AvgIpc) is 2.43. The molecule has 0 spiro atoms. The van der Waals surface area contributed by atoms with Crippen LogP contribution in [0, 0.1) is 5.82 Å². The summed E-state index contributed by atoms with van der Waals surface area (Å²) in [6, 6.07) is 11.4. The highest BCUT2D eigenvalue weighted by Gasteiger charge is 2.14. The Morgan fingerprint density at radius 2 is 1.76 bits per heavy atom. The van der Waals surface area contributed by atoms with Crippen LogP contribution >= 0.6 is 0 Å². The summed E-state index contributed by atoms with van der Waals surface area (Å²) in [5, 5.41) is 2.29. The summed E-state index contributed by atoms with van der Waals surface area (Å²) >= 11 is 0. The molecule has 0 aliphatic heterocycles. The third-order valence-corrected chi connectivity index (χ3v) is 3.98. The van der Waals surface area contributed by atoms with E-state index >= 15 is 0 Å². The molecule has 0 fully saturated rings. The van der Waals surface area contributed by atoms with E-state index in [-0.39, 0.29) is 16.3 Å². The van der Waals surface area contributed by atoms with Crippen LogP contribution in [0.5, 0.6) is 0 Å². The molecule has 2 aromatic carbocycles. The molecule has 0 aliphatic rings. The van der Waals surface area contributed by atoms with Gasteiger partial charge in [-0.25, -0.2) is 12.8 Å². The second-order valence-electron chi connectivity index (χ2n) is 4.29. The molecule has 0 unspecified atom stereocenters. The molecular weight excluding hydrogens is 295 g/mol. The van der Waals surface area contributed by atoms with Gasteiger partial charge >= 0.3 is 0 Å². The molecule has 0 atom stereocenters. The third kappa shape index (κ3) is 3.79. The number of carbonyl (C=O) groups is 1. The number of hydrogen-bond acceptors (Lipinski definition) is 3. The highest BCUT2D eigenvalue weighted by atomic mass is 32.2. The van der Waals surface area contributed by atoms with Gasteiger partial charge in [-0.1, -0.05) is 18.2 Å². The van der Waals surface area contributed by atoms with Gasteiger partial charge in [0, 0.05) is 6.92 Å². The zero-order valence-electron chi connectivity index (χ0n) is 11.1. The fraction of sp³-hybridized carbons (Fsp3) is 0.0714. The molecule has 21 heavy (non-hydrogen) atoms. The Balaban J connectivity index is 2.30. The summed E-state index contributed by atoms with van der Waals surface area (Å²) in [5.74, 6) is -1.09. The lowest BCUT2D eigenvalue weighted by Crippen LogP contribution is -2.14. The van der Waals surface area contributed by atoms with Crippen LogP contribution in [0.1, 0.15) is 6.92 Å². The van der Waals surface area contributed by atoms with Gasteiger partial charge in [0.1, 0.15) is 5.82 Å². The van der Waals surface area contributed by atoms with Gasteiger partial charge in [0.2, 0.25) is 5.91 Å². The van der Waals surface area contributed by atoms with Crippen molar-refractivity contribution >= 4 is 27.3 Å². The van der Waals surface area contributed by atoms with Gasteiger partial charge in [-0.05, 0) is 30.3 Å². The minimum atomic E-state index is -3.76. The Morgan fingerprint density at radius 3 is 2.38 bits per heavy atom. The number of rotatable bonds is 4. The first kappa shape index (κ1) is 15.0. The zero-order chi connectivity index (χ0) is 15.5. The maximum Gasteiger partial charge on any atom is 0.261 e. The highest BCUT2D eigenvalue weighted by molar-refractivity contribution is 7.92. The van der Waals surface area contributed by atoms with Crippen molar-refractivity contribution in [1.82, 2.24) is 0 Å². The van der Waals surface area contributed by atoms with Gasteiger partial charge in [0.05, 0.1) is 16.3 Å². The fourth-order valence-electron chi connectivity index (χ4n) is 1.69. The molecule has 7 heteroatoms. The molecule has 1 amide bonds. The van der Waals surface area contributed by atoms with E-state index in [0.717, 1.165) is 6.07 Å². The summed E-state index contributed by atoms with van der Waals surface area (Å²) in [7, 11) is -3.76. The monoisotopic (exact) mass is 308 g/mol. The molecule has 110 valence electrons. The van der Waals surface area contributed by atoms with E-state index in [0.29, 0.717) is 0 Å². The van der Waals surface area contributed by atoms with Crippen molar-refractivity contribution in [1.29, 1.82) is 0 Å². The fourth-order valence-corrected chi connectivity index (χ4v) is 2.76. The molecule has 0 aliphatic carbocycles. The van der Waals surface area contributed by atoms with E-state index in [4.69, 9.17) is 0 Å². The number of carbonyl (C=O) groups excluding carboxylic acids is 1. The number of halogens is 1. The molecule has 2 aromatic rings. The third-order valence-electron chi connectivity index (χ3n) is 2.58. The Morgan fingerprint density at radius 1 is 1.10 bits per heavy atom. The standard InChI is InChI=1S/C14H13FN2O3S/c1-10(18)16-14-9-11(7-8-13(14)15)17-21(19,20)12-5-3-2-4-6-12/h2-9,17H,1H3,(H,16,18). The maximum absolute atomic E-state index is 13.5. The lowest BCUT2D eigenvalue weighted by molar-refractivity contribution is -0.114. The topological polar surface area (TPSA) is 75.3 Å². The number of nitrogens with one attached hydrogen (secondary N) is 2. The lowest BCUT2D eigenvalue weighted by atomic mass is 10.2. The number of amides is 1. The molecule has 0 heterocycles. The molecular formula is C14H13FN2O3S. The quantitative estimate of drug-likeness (QED) is 0.911. The molecule has 0 aromatic heterocycles. The minimum Gasteiger partial charge on any atom is -0.324 e. The van der Waals surface area contributed by atoms with Gasteiger partial charge in [-0.15, -0.1) is 0 Å². The zero-order valence-corrected chi connectivity index (χ0v) is 11.9. The summed E-state index contributed by atoms with van der Waals surface area (Å²) in [6.07, 6.45) is 0. The second-order valence-corrected chi connectivity index (χ2v) is 5.98. The first-order chi connectivity index (χ1) is 9.88. The molecule has 0 radical (unpaired) electrons. The number of sulfonamides is 1. The van der Waals surface area contributed by atoms with E-state index in [1.807, 2.05) is 0 Å². The van der Waals surface area contributed by atoms with Crippen LogP contribution in [0.4, 0.5) is 15.8 Å². The normalized spacial score (nSPS) is 11.0. The maximum atomic E-state index is 13.5. The van der Waals surface area contributed by atoms with Gasteiger partial charge in [-0.3, -0.25) is 9.52 Å². The van der Waals surface area contributed by atoms with Crippen molar-refractivity contribution in [2.24, 2.45) is 0 Å². The first-order valence-corrected chi connectivity index (χ1v) is 7.52. The molecule has 2 rings (SSSR count). The van der Waals surface area contributed by atoms with Crippen LogP contribution < -0.4 is 10.0 Å². The summed E-state index contributed by atoms with van der Waals surface area (Å²) < 4.78 is 40.1. The number of hydrogen-bond donors (Lipinski definition) is 2. The van der Waals surface area contributed by atoms with Gasteiger partial charge in [0.15, 0.2) is 0 Å². The van der Waals surface area contributed by atoms with E-state index in [1.165, 1.54) is 31.2 Å². The Kier molecular flexibility index (Phi) is 4.23. The Labute approximate surface area is 121 Å². The van der Waals surface area contributed by atoms with Crippen molar-refractivity contribution in [2.75, 3.05) is 10.0 Å². The first-order valence-electron chi connectivity index (χ1n) is 6.03. The van der Waals surface area contributed by atoms with Gasteiger partial charge in [0.25, 0.3) is 10.0 Å². The predicted octanol–water partition coefficient (Wildman–Crippen LogP) is 2.58. The lowest BCUT2D eigenvalue weighted by Gasteiger charge is -2.10. The molecule has 0 saturated carbocycles. The van der Waals surface area contributed by atoms with Crippen molar-refractivity contribution < 1.29 is 17.6 Å². The van der Waals surface area contributed by atoms with Crippen LogP contribution in [0.3, 0.4) is 0 Å². The van der Waals surface area contributed by atoms with Crippen LogP contribution in [0.25, 0.3) is 0 Å². The van der Waals surface area contributed by atoms with Crippen LogP contribution in [0.2, 0.25) is 0 Å². The summed E-state index contributed by atoms with van der Waals surface area (Å²) in [6.45, 7) is 1.24. The van der Waals surface area contributed by atoms with Crippen LogP contribution in [-0.2, 0) is 14.8 Å². The average molecular weight is 308 g/mol. The van der Waals surface area contributed by atoms with E-state index in [1.54, 1.807) is 18.2 Å². The highest BCUT2D eigenvalue weighted by Crippen LogP contribution is 2.22. The Bertz CT molecular complexity index is 761. The predicted molar refractivity (Wildman–Crippen MR) is 78.0 cm³/mol.